The van der Waals surface area contributed by atoms with E-state index < -0.39 is 5.91 Å². The molecule has 0 aliphatic rings. The average molecular weight is 462 g/mol. The molecule has 7 nitrogen and oxygen atoms in total. The van der Waals surface area contributed by atoms with Gasteiger partial charge in [0.05, 0.1) is 7.11 Å². The van der Waals surface area contributed by atoms with Crippen LogP contribution < -0.4 is 20.1 Å². The van der Waals surface area contributed by atoms with Gasteiger partial charge in [-0.2, -0.15) is 5.26 Å². The lowest BCUT2D eigenvalue weighted by Crippen LogP contribution is -2.20. The molecule has 0 spiro atoms. The largest absolute Gasteiger partial charge is 0.497 e. The third-order valence-corrected chi connectivity index (χ3v) is 4.63. The van der Waals surface area contributed by atoms with E-state index in [2.05, 4.69) is 10.6 Å². The van der Waals surface area contributed by atoms with E-state index in [4.69, 9.17) is 21.1 Å². The number of rotatable bonds is 8. The van der Waals surface area contributed by atoms with Gasteiger partial charge < -0.3 is 20.1 Å². The molecular formula is C25H20ClN3O4. The van der Waals surface area contributed by atoms with E-state index in [9.17, 15) is 14.9 Å². The molecule has 0 heterocycles. The minimum absolute atomic E-state index is 0.0613. The standard InChI is InChI=1S/C25H20ClN3O4/c1-32-23-4-2-3-21(14-23)29-25(31)18(15-27)13-17-5-11-22(12-6-17)33-16-24(30)28-20-9-7-19(26)8-10-20/h2-14H,16H2,1H3,(H,28,30)(H,29,31)/b18-13+. The number of nitriles is 1. The number of benzene rings is 3. The fraction of sp³-hybridized carbons (Fsp3) is 0.0800. The number of hydrogen-bond donors (Lipinski definition) is 2. The van der Waals surface area contributed by atoms with E-state index in [1.165, 1.54) is 13.2 Å². The Hall–Kier alpha value is -4.28. The van der Waals surface area contributed by atoms with Gasteiger partial charge in [-0.05, 0) is 60.2 Å². The van der Waals surface area contributed by atoms with Crippen LogP contribution in [0.4, 0.5) is 11.4 Å². The summed E-state index contributed by atoms with van der Waals surface area (Å²) in [6.07, 6.45) is 1.46. The summed E-state index contributed by atoms with van der Waals surface area (Å²) in [5, 5.41) is 15.3. The second-order valence-electron chi connectivity index (χ2n) is 6.77. The Morgan fingerprint density at radius 3 is 2.36 bits per heavy atom. The van der Waals surface area contributed by atoms with Gasteiger partial charge in [0.15, 0.2) is 6.61 Å². The highest BCUT2D eigenvalue weighted by Gasteiger charge is 2.10. The highest BCUT2D eigenvalue weighted by atomic mass is 35.5. The molecule has 3 aromatic rings. The molecule has 0 fully saturated rings. The summed E-state index contributed by atoms with van der Waals surface area (Å²) in [6.45, 7) is -0.176. The minimum Gasteiger partial charge on any atom is -0.497 e. The highest BCUT2D eigenvalue weighted by Crippen LogP contribution is 2.19. The molecule has 3 aromatic carbocycles. The fourth-order valence-corrected chi connectivity index (χ4v) is 2.88. The lowest BCUT2D eigenvalue weighted by molar-refractivity contribution is -0.118. The Bertz CT molecular complexity index is 1200. The van der Waals surface area contributed by atoms with Crippen molar-refractivity contribution in [3.63, 3.8) is 0 Å². The van der Waals surface area contributed by atoms with Crippen LogP contribution in [0.1, 0.15) is 5.56 Å². The first kappa shape index (κ1) is 23.4. The minimum atomic E-state index is -0.537. The Kier molecular flexibility index (Phi) is 8.06. The van der Waals surface area contributed by atoms with Gasteiger partial charge >= 0.3 is 0 Å². The number of nitrogens with one attached hydrogen (secondary N) is 2. The lowest BCUT2D eigenvalue weighted by Gasteiger charge is -2.08. The Labute approximate surface area is 196 Å². The SMILES string of the molecule is COc1cccc(NC(=O)/C(C#N)=C/c2ccc(OCC(=O)Nc3ccc(Cl)cc3)cc2)c1. The number of nitrogens with zero attached hydrogens (tertiary/aromatic N) is 1. The van der Waals surface area contributed by atoms with Gasteiger partial charge in [0.25, 0.3) is 11.8 Å². The molecule has 0 saturated carbocycles. The van der Waals surface area contributed by atoms with E-state index >= 15 is 0 Å². The average Bonchev–Trinajstić information content (AvgIpc) is 2.83. The summed E-state index contributed by atoms with van der Waals surface area (Å²) in [6, 6.07) is 22.2. The number of carbonyl (C=O) groups is 2. The Morgan fingerprint density at radius 1 is 0.970 bits per heavy atom. The molecule has 0 bridgehead atoms. The number of ether oxygens (including phenoxy) is 2. The quantitative estimate of drug-likeness (QED) is 0.366. The van der Waals surface area contributed by atoms with Crippen molar-refractivity contribution in [1.29, 1.82) is 5.26 Å². The van der Waals surface area contributed by atoms with Crippen molar-refractivity contribution in [1.82, 2.24) is 0 Å². The molecular weight excluding hydrogens is 442 g/mol. The third kappa shape index (κ3) is 7.13. The van der Waals surface area contributed by atoms with Crippen molar-refractivity contribution in [3.05, 3.63) is 89.0 Å². The monoisotopic (exact) mass is 461 g/mol. The van der Waals surface area contributed by atoms with Gasteiger partial charge in [-0.25, -0.2) is 0 Å². The van der Waals surface area contributed by atoms with Crippen LogP contribution in [0.15, 0.2) is 78.4 Å². The molecule has 2 amide bonds. The molecule has 8 heteroatoms. The van der Waals surface area contributed by atoms with Gasteiger partial charge in [0.2, 0.25) is 0 Å². The number of carbonyl (C=O) groups excluding carboxylic acids is 2. The summed E-state index contributed by atoms with van der Waals surface area (Å²) < 4.78 is 10.6. The summed E-state index contributed by atoms with van der Waals surface area (Å²) in [4.78, 5) is 24.5. The van der Waals surface area contributed by atoms with Gasteiger partial charge in [-0.1, -0.05) is 29.8 Å². The van der Waals surface area contributed by atoms with Crippen molar-refractivity contribution in [3.8, 4) is 17.6 Å². The van der Waals surface area contributed by atoms with Gasteiger partial charge in [0, 0.05) is 22.5 Å². The number of hydrogen-bond acceptors (Lipinski definition) is 5. The zero-order valence-electron chi connectivity index (χ0n) is 17.7. The van der Waals surface area contributed by atoms with Gasteiger partial charge in [-0.3, -0.25) is 9.59 Å². The van der Waals surface area contributed by atoms with Crippen LogP contribution in [-0.2, 0) is 9.59 Å². The molecule has 2 N–H and O–H groups in total. The predicted molar refractivity (Wildman–Crippen MR) is 127 cm³/mol. The van der Waals surface area contributed by atoms with E-state index in [1.54, 1.807) is 72.8 Å². The third-order valence-electron chi connectivity index (χ3n) is 4.38. The Morgan fingerprint density at radius 2 is 1.70 bits per heavy atom. The van der Waals surface area contributed by atoms with E-state index in [-0.39, 0.29) is 18.1 Å². The number of methoxy groups -OCH3 is 1. The molecule has 0 aromatic heterocycles. The Balaban J connectivity index is 1.57. The van der Waals surface area contributed by atoms with Crippen LogP contribution in [0.5, 0.6) is 11.5 Å². The fourth-order valence-electron chi connectivity index (χ4n) is 2.75. The van der Waals surface area contributed by atoms with Crippen molar-refractivity contribution in [2.75, 3.05) is 24.4 Å². The van der Waals surface area contributed by atoms with Crippen molar-refractivity contribution < 1.29 is 19.1 Å². The molecule has 0 unspecified atom stereocenters. The maximum absolute atomic E-state index is 12.4. The van der Waals surface area contributed by atoms with Crippen LogP contribution >= 0.6 is 11.6 Å². The van der Waals surface area contributed by atoms with Crippen molar-refractivity contribution in [2.24, 2.45) is 0 Å². The predicted octanol–water partition coefficient (Wildman–Crippen LogP) is 4.91. The molecule has 166 valence electrons. The van der Waals surface area contributed by atoms with Crippen LogP contribution in [0.3, 0.4) is 0 Å². The summed E-state index contributed by atoms with van der Waals surface area (Å²) >= 11 is 5.82. The van der Waals surface area contributed by atoms with Crippen molar-refractivity contribution in [2.45, 2.75) is 0 Å². The summed E-state index contributed by atoms with van der Waals surface area (Å²) in [5.74, 6) is 0.206. The molecule has 0 aliphatic heterocycles. The van der Waals surface area contributed by atoms with E-state index in [1.807, 2.05) is 6.07 Å². The maximum Gasteiger partial charge on any atom is 0.266 e. The smallest absolute Gasteiger partial charge is 0.266 e. The topological polar surface area (TPSA) is 100 Å². The second kappa shape index (κ2) is 11.4. The number of amides is 2. The van der Waals surface area contributed by atoms with E-state index in [0.717, 1.165) is 0 Å². The molecule has 0 saturated heterocycles. The molecule has 0 radical (unpaired) electrons. The van der Waals surface area contributed by atoms with Crippen LogP contribution in [-0.4, -0.2) is 25.5 Å². The van der Waals surface area contributed by atoms with Crippen LogP contribution in [0.25, 0.3) is 6.08 Å². The number of halogens is 1. The summed E-state index contributed by atoms with van der Waals surface area (Å²) in [5.41, 5.74) is 1.70. The molecule has 3 rings (SSSR count). The highest BCUT2D eigenvalue weighted by molar-refractivity contribution is 6.30. The maximum atomic E-state index is 12.4. The van der Waals surface area contributed by atoms with Gasteiger partial charge in [-0.15, -0.1) is 0 Å². The van der Waals surface area contributed by atoms with Crippen LogP contribution in [0, 0.1) is 11.3 Å². The zero-order valence-corrected chi connectivity index (χ0v) is 18.4. The van der Waals surface area contributed by atoms with Crippen molar-refractivity contribution >= 4 is 40.9 Å². The molecule has 33 heavy (non-hydrogen) atoms. The second-order valence-corrected chi connectivity index (χ2v) is 7.21. The lowest BCUT2D eigenvalue weighted by atomic mass is 10.1. The number of anilines is 2. The first-order valence-electron chi connectivity index (χ1n) is 9.82. The van der Waals surface area contributed by atoms with Gasteiger partial charge in [0.1, 0.15) is 23.1 Å². The summed E-state index contributed by atoms with van der Waals surface area (Å²) in [7, 11) is 1.53. The first-order valence-corrected chi connectivity index (χ1v) is 10.2. The van der Waals surface area contributed by atoms with E-state index in [0.29, 0.717) is 33.5 Å². The molecule has 0 aliphatic carbocycles. The van der Waals surface area contributed by atoms with Crippen LogP contribution in [0.2, 0.25) is 5.02 Å². The molecule has 0 atom stereocenters. The zero-order chi connectivity index (χ0) is 23.6. The normalized spacial score (nSPS) is 10.6. The first-order chi connectivity index (χ1) is 16.0.